The average Bonchev–Trinajstić information content (AvgIpc) is 3.97. The molecule has 0 fully saturated rings. The fourth-order valence-corrected chi connectivity index (χ4v) is 11.5. The molecule has 4 aliphatic heterocycles. The molecule has 4 aliphatic rings. The molecule has 0 saturated heterocycles. The predicted octanol–water partition coefficient (Wildman–Crippen LogP) is 11.5. The van der Waals surface area contributed by atoms with E-state index >= 15 is 0 Å². The fraction of sp³-hybridized carbons (Fsp3) is 0.292. The molecule has 11 rings (SSSR count). The van der Waals surface area contributed by atoms with Gasteiger partial charge in [-0.2, -0.15) is 0 Å². The molecule has 0 saturated carbocycles. The lowest BCUT2D eigenvalue weighted by molar-refractivity contribution is 0.173. The maximum Gasteiger partial charge on any atom is 0.256 e. The largest absolute Gasteiger partial charge is 0.454 e. The summed E-state index contributed by atoms with van der Waals surface area (Å²) in [6.45, 7) is 21.3. The molecular weight excluding hydrogens is 743 g/mol. The number of benzene rings is 5. The van der Waals surface area contributed by atoms with E-state index in [1.165, 1.54) is 74.6 Å². The zero-order chi connectivity index (χ0) is 39.3. The number of nitrogens with zero attached hydrogens (tertiary/aromatic N) is 2. The first-order valence-electron chi connectivity index (χ1n) is 19.9. The SMILES string of the molecule is CC(C)(C)c1cc2c3c(c1)N(c1ccc4c(c1)OCO4)c1sc4ccc(C(C)(C)C)cc4c1B3c1c(sc3ccc(C(C)(C)C)cc13)N2c1ccc2c(c1)OCO2. The standard InChI is InChI=1S/C48H45BN2O4S2/c1-46(2,3)26-10-16-39-31(18-26)41-44(56-39)50(29-12-14-35-37(22-29)54-24-52-35)33-20-28(48(7,8)9)21-34-43(33)49(41)42-32-19-27(47(4,5)6)11-17-40(32)57-45(42)51(34)30-13-15-36-38(23-30)55-25-53-36/h10-23H,24-25H2,1-9H3. The minimum Gasteiger partial charge on any atom is -0.454 e. The fourth-order valence-electron chi connectivity index (χ4n) is 8.97. The zero-order valence-electron chi connectivity index (χ0n) is 33.9. The Hall–Kier alpha value is -5.12. The zero-order valence-corrected chi connectivity index (χ0v) is 35.6. The Labute approximate surface area is 342 Å². The minimum atomic E-state index is -0.133. The van der Waals surface area contributed by atoms with Gasteiger partial charge in [-0.05, 0) is 109 Å². The number of thiophene rings is 2. The molecule has 7 aromatic rings. The normalized spacial score (nSPS) is 15.4. The van der Waals surface area contributed by atoms with Gasteiger partial charge in [-0.25, -0.2) is 0 Å². The Balaban J connectivity index is 1.31. The number of hydrogen-bond donors (Lipinski definition) is 0. The summed E-state index contributed by atoms with van der Waals surface area (Å²) >= 11 is 3.79. The highest BCUT2D eigenvalue weighted by Gasteiger charge is 2.48. The molecule has 0 bridgehead atoms. The third kappa shape index (κ3) is 5.20. The molecule has 57 heavy (non-hydrogen) atoms. The highest BCUT2D eigenvalue weighted by molar-refractivity contribution is 7.29. The number of rotatable bonds is 2. The van der Waals surface area contributed by atoms with E-state index in [0.29, 0.717) is 0 Å². The van der Waals surface area contributed by atoms with Crippen molar-refractivity contribution in [1.29, 1.82) is 0 Å². The van der Waals surface area contributed by atoms with Crippen LogP contribution < -0.4 is 45.1 Å². The van der Waals surface area contributed by atoms with Crippen LogP contribution in [0.4, 0.5) is 32.8 Å². The van der Waals surface area contributed by atoms with Gasteiger partial charge >= 0.3 is 0 Å². The number of anilines is 6. The van der Waals surface area contributed by atoms with Crippen LogP contribution in [-0.4, -0.2) is 20.3 Å². The van der Waals surface area contributed by atoms with Gasteiger partial charge in [0.15, 0.2) is 23.0 Å². The first-order valence-corrected chi connectivity index (χ1v) is 21.5. The van der Waals surface area contributed by atoms with E-state index in [-0.39, 0.29) is 36.5 Å². The molecule has 6 nitrogen and oxygen atoms in total. The molecule has 0 aliphatic carbocycles. The van der Waals surface area contributed by atoms with E-state index in [4.69, 9.17) is 18.9 Å². The van der Waals surface area contributed by atoms with Crippen molar-refractivity contribution in [3.63, 3.8) is 0 Å². The molecule has 286 valence electrons. The summed E-state index contributed by atoms with van der Waals surface area (Å²) in [6, 6.07) is 32.1. The number of fused-ring (bicyclic) bond motifs is 10. The van der Waals surface area contributed by atoms with Gasteiger partial charge in [-0.1, -0.05) is 86.6 Å². The molecule has 5 aromatic carbocycles. The van der Waals surface area contributed by atoms with Gasteiger partial charge in [0, 0.05) is 32.9 Å². The van der Waals surface area contributed by atoms with Crippen LogP contribution in [-0.2, 0) is 16.2 Å². The molecule has 9 heteroatoms. The van der Waals surface area contributed by atoms with Crippen LogP contribution in [0.2, 0.25) is 0 Å². The van der Waals surface area contributed by atoms with Crippen molar-refractivity contribution >= 4 is 98.7 Å². The molecule has 2 aromatic heterocycles. The summed E-state index contributed by atoms with van der Waals surface area (Å²) in [5.41, 5.74) is 12.3. The van der Waals surface area contributed by atoms with Crippen molar-refractivity contribution in [2.75, 3.05) is 23.4 Å². The van der Waals surface area contributed by atoms with E-state index in [2.05, 4.69) is 157 Å². The van der Waals surface area contributed by atoms with Gasteiger partial charge in [0.25, 0.3) is 6.71 Å². The Bertz CT molecular complexity index is 2670. The molecule has 0 radical (unpaired) electrons. The van der Waals surface area contributed by atoms with Crippen molar-refractivity contribution in [3.8, 4) is 23.0 Å². The van der Waals surface area contributed by atoms with Crippen molar-refractivity contribution < 1.29 is 18.9 Å². The smallest absolute Gasteiger partial charge is 0.256 e. The monoisotopic (exact) mass is 788 g/mol. The molecule has 0 N–H and O–H groups in total. The average molecular weight is 789 g/mol. The maximum absolute atomic E-state index is 6.03. The van der Waals surface area contributed by atoms with E-state index in [1.807, 2.05) is 22.7 Å². The first-order chi connectivity index (χ1) is 27.1. The van der Waals surface area contributed by atoms with Crippen molar-refractivity contribution in [2.24, 2.45) is 0 Å². The summed E-state index contributed by atoms with van der Waals surface area (Å²) in [4.78, 5) is 5.03. The highest BCUT2D eigenvalue weighted by Crippen LogP contribution is 2.53. The summed E-state index contributed by atoms with van der Waals surface area (Å²) in [5, 5.41) is 5.14. The second kappa shape index (κ2) is 11.7. The third-order valence-electron chi connectivity index (χ3n) is 12.1. The minimum absolute atomic E-state index is 0.00999. The molecule has 0 amide bonds. The van der Waals surface area contributed by atoms with Crippen LogP contribution in [0, 0.1) is 0 Å². The van der Waals surface area contributed by atoms with E-state index in [1.54, 1.807) is 0 Å². The van der Waals surface area contributed by atoms with Gasteiger partial charge < -0.3 is 28.7 Å². The second-order valence-corrected chi connectivity index (χ2v) is 21.0. The Morgan fingerprint density at radius 2 is 0.877 bits per heavy atom. The van der Waals surface area contributed by atoms with Crippen molar-refractivity contribution in [1.82, 2.24) is 0 Å². The van der Waals surface area contributed by atoms with Crippen molar-refractivity contribution in [2.45, 2.75) is 78.6 Å². The maximum atomic E-state index is 6.03. The van der Waals surface area contributed by atoms with Crippen LogP contribution in [0.3, 0.4) is 0 Å². The first kappa shape index (κ1) is 35.1. The van der Waals surface area contributed by atoms with E-state index in [9.17, 15) is 0 Å². The third-order valence-corrected chi connectivity index (χ3v) is 14.5. The molecule has 0 atom stereocenters. The van der Waals surface area contributed by atoms with Crippen LogP contribution in [0.1, 0.15) is 79.0 Å². The molecule has 0 spiro atoms. The quantitative estimate of drug-likeness (QED) is 0.163. The van der Waals surface area contributed by atoms with Crippen molar-refractivity contribution in [3.05, 3.63) is 102 Å². The van der Waals surface area contributed by atoms with Crippen LogP contribution >= 0.6 is 22.7 Å². The lowest BCUT2D eigenvalue weighted by Crippen LogP contribution is -2.60. The van der Waals surface area contributed by atoms with Gasteiger partial charge in [0.1, 0.15) is 0 Å². The molecular formula is C48H45BN2O4S2. The predicted molar refractivity (Wildman–Crippen MR) is 240 cm³/mol. The number of hydrogen-bond acceptors (Lipinski definition) is 8. The van der Waals surface area contributed by atoms with Crippen LogP contribution in [0.15, 0.2) is 84.9 Å². The van der Waals surface area contributed by atoms with Gasteiger partial charge in [-0.15, -0.1) is 22.7 Å². The Kier molecular flexibility index (Phi) is 7.22. The summed E-state index contributed by atoms with van der Waals surface area (Å²) in [7, 11) is 0. The Morgan fingerprint density at radius 1 is 0.456 bits per heavy atom. The topological polar surface area (TPSA) is 43.4 Å². The Morgan fingerprint density at radius 3 is 1.30 bits per heavy atom. The van der Waals surface area contributed by atoms with E-state index in [0.717, 1.165) is 34.4 Å². The van der Waals surface area contributed by atoms with Gasteiger partial charge in [0.2, 0.25) is 13.6 Å². The van der Waals surface area contributed by atoms with E-state index < -0.39 is 0 Å². The summed E-state index contributed by atoms with van der Waals surface area (Å²) in [6.07, 6.45) is 0. The lowest BCUT2D eigenvalue weighted by atomic mass is 9.33. The van der Waals surface area contributed by atoms with Crippen LogP contribution in [0.5, 0.6) is 23.0 Å². The van der Waals surface area contributed by atoms with Gasteiger partial charge in [-0.3, -0.25) is 0 Å². The van der Waals surface area contributed by atoms with Gasteiger partial charge in [0.05, 0.1) is 21.4 Å². The highest BCUT2D eigenvalue weighted by atomic mass is 32.1. The molecule has 0 unspecified atom stereocenters. The van der Waals surface area contributed by atoms with Crippen LogP contribution in [0.25, 0.3) is 20.2 Å². The number of ether oxygens (including phenoxy) is 4. The lowest BCUT2D eigenvalue weighted by Gasteiger charge is -2.43. The second-order valence-electron chi connectivity index (χ2n) is 18.9. The summed E-state index contributed by atoms with van der Waals surface area (Å²) in [5.74, 6) is 3.11. The summed E-state index contributed by atoms with van der Waals surface area (Å²) < 4.78 is 26.3. The molecule has 6 heterocycles.